The van der Waals surface area contributed by atoms with Gasteiger partial charge in [0.2, 0.25) is 0 Å². The van der Waals surface area contributed by atoms with Gasteiger partial charge in [-0.15, -0.1) is 0 Å². The second-order valence-electron chi connectivity index (χ2n) is 6.85. The number of aromatic nitrogens is 3. The fraction of sp³-hybridized carbons (Fsp3) is 0.286. The molecule has 1 heterocycles. The lowest BCUT2D eigenvalue weighted by Crippen LogP contribution is -2.29. The molecule has 1 unspecified atom stereocenters. The quantitative estimate of drug-likeness (QED) is 0.701. The summed E-state index contributed by atoms with van der Waals surface area (Å²) in [5, 5.41) is 7.30. The number of methoxy groups -OCH3 is 1. The van der Waals surface area contributed by atoms with Crippen molar-refractivity contribution in [2.75, 3.05) is 7.11 Å². The summed E-state index contributed by atoms with van der Waals surface area (Å²) in [6.07, 6.45) is 5.48. The molecule has 1 atom stereocenters. The summed E-state index contributed by atoms with van der Waals surface area (Å²) >= 11 is 0. The number of nitrogens with zero attached hydrogens (tertiary/aromatic N) is 3. The molecule has 3 aromatic rings. The molecule has 1 amide bonds. The number of nitrogens with one attached hydrogen (secondary N) is 1. The molecule has 27 heavy (non-hydrogen) atoms. The number of carbonyl (C=O) groups is 1. The summed E-state index contributed by atoms with van der Waals surface area (Å²) in [5.74, 6) is 1.28. The second kappa shape index (κ2) is 7.61. The molecule has 1 saturated carbocycles. The molecule has 0 radical (unpaired) electrons. The fourth-order valence-corrected chi connectivity index (χ4v) is 3.20. The summed E-state index contributed by atoms with van der Waals surface area (Å²) in [5.41, 5.74) is 2.86. The first-order chi connectivity index (χ1) is 13.2. The van der Waals surface area contributed by atoms with E-state index in [0.29, 0.717) is 18.0 Å². The van der Waals surface area contributed by atoms with E-state index in [1.54, 1.807) is 18.1 Å². The number of ether oxygens (including phenoxy) is 1. The minimum Gasteiger partial charge on any atom is -0.497 e. The van der Waals surface area contributed by atoms with Gasteiger partial charge in [0.05, 0.1) is 19.7 Å². The second-order valence-corrected chi connectivity index (χ2v) is 6.85. The first-order valence-corrected chi connectivity index (χ1v) is 9.09. The average molecular weight is 362 g/mol. The number of hydrogen-bond donors (Lipinski definition) is 1. The Labute approximate surface area is 158 Å². The minimum absolute atomic E-state index is 0.0400. The zero-order valence-electron chi connectivity index (χ0n) is 15.2. The van der Waals surface area contributed by atoms with Crippen molar-refractivity contribution in [1.29, 1.82) is 0 Å². The Bertz CT molecular complexity index is 885. The molecule has 0 spiro atoms. The predicted octanol–water partition coefficient (Wildman–Crippen LogP) is 3.22. The van der Waals surface area contributed by atoms with Gasteiger partial charge in [0.1, 0.15) is 18.4 Å². The van der Waals surface area contributed by atoms with Gasteiger partial charge >= 0.3 is 0 Å². The monoisotopic (exact) mass is 362 g/mol. The highest BCUT2D eigenvalue weighted by molar-refractivity contribution is 5.94. The van der Waals surface area contributed by atoms with Gasteiger partial charge < -0.3 is 10.1 Å². The Morgan fingerprint density at radius 3 is 2.52 bits per heavy atom. The lowest BCUT2D eigenvalue weighted by Gasteiger charge is -2.19. The Kier molecular flexibility index (Phi) is 4.87. The highest BCUT2D eigenvalue weighted by Crippen LogP contribution is 2.41. The molecule has 1 aromatic heterocycles. The van der Waals surface area contributed by atoms with Gasteiger partial charge in [-0.25, -0.2) is 9.67 Å². The van der Waals surface area contributed by atoms with Crippen LogP contribution in [0.4, 0.5) is 0 Å². The zero-order valence-corrected chi connectivity index (χ0v) is 15.2. The van der Waals surface area contributed by atoms with Crippen LogP contribution < -0.4 is 10.1 Å². The first-order valence-electron chi connectivity index (χ1n) is 9.09. The number of benzene rings is 2. The predicted molar refractivity (Wildman–Crippen MR) is 101 cm³/mol. The molecule has 0 bridgehead atoms. The van der Waals surface area contributed by atoms with Crippen LogP contribution >= 0.6 is 0 Å². The molecule has 0 aliphatic heterocycles. The Morgan fingerprint density at radius 1 is 1.19 bits per heavy atom. The minimum atomic E-state index is -0.0463. The van der Waals surface area contributed by atoms with E-state index in [-0.39, 0.29) is 11.9 Å². The zero-order chi connectivity index (χ0) is 18.6. The maximum atomic E-state index is 12.7. The largest absolute Gasteiger partial charge is 0.497 e. The van der Waals surface area contributed by atoms with Crippen molar-refractivity contribution in [3.05, 3.63) is 77.9 Å². The molecule has 6 heteroatoms. The Hall–Kier alpha value is -3.15. The van der Waals surface area contributed by atoms with Crippen LogP contribution in [0, 0.1) is 5.92 Å². The van der Waals surface area contributed by atoms with E-state index in [1.807, 2.05) is 48.5 Å². The molecule has 138 valence electrons. The molecular weight excluding hydrogens is 340 g/mol. The van der Waals surface area contributed by atoms with Gasteiger partial charge in [-0.2, -0.15) is 5.10 Å². The van der Waals surface area contributed by atoms with Crippen LogP contribution in [0.3, 0.4) is 0 Å². The first kappa shape index (κ1) is 17.3. The highest BCUT2D eigenvalue weighted by Gasteiger charge is 2.33. The molecule has 1 aliphatic carbocycles. The molecule has 1 aliphatic rings. The van der Waals surface area contributed by atoms with Crippen LogP contribution in [0.15, 0.2) is 61.2 Å². The summed E-state index contributed by atoms with van der Waals surface area (Å²) in [6, 6.07) is 15.6. The summed E-state index contributed by atoms with van der Waals surface area (Å²) in [6.45, 7) is 0.637. The average Bonchev–Trinajstić information content (AvgIpc) is 3.43. The van der Waals surface area contributed by atoms with Crippen molar-refractivity contribution < 1.29 is 9.53 Å². The lowest BCUT2D eigenvalue weighted by molar-refractivity contribution is 0.0931. The van der Waals surface area contributed by atoms with Crippen LogP contribution in [0.2, 0.25) is 0 Å². The van der Waals surface area contributed by atoms with Crippen LogP contribution in [-0.2, 0) is 6.54 Å². The number of hydrogen-bond acceptors (Lipinski definition) is 4. The van der Waals surface area contributed by atoms with Crippen LogP contribution in [0.1, 0.15) is 40.4 Å². The highest BCUT2D eigenvalue weighted by atomic mass is 16.5. The van der Waals surface area contributed by atoms with Gasteiger partial charge in [0, 0.05) is 5.56 Å². The van der Waals surface area contributed by atoms with Crippen molar-refractivity contribution in [1.82, 2.24) is 20.1 Å². The summed E-state index contributed by atoms with van der Waals surface area (Å²) in [7, 11) is 1.65. The van der Waals surface area contributed by atoms with Crippen molar-refractivity contribution >= 4 is 5.91 Å². The normalized spacial score (nSPS) is 14.6. The van der Waals surface area contributed by atoms with Gasteiger partial charge in [-0.05, 0) is 54.2 Å². The van der Waals surface area contributed by atoms with Gasteiger partial charge in [0.15, 0.2) is 0 Å². The Morgan fingerprint density at radius 2 is 1.93 bits per heavy atom. The molecule has 1 fully saturated rings. The van der Waals surface area contributed by atoms with Gasteiger partial charge in [0.25, 0.3) is 5.91 Å². The maximum Gasteiger partial charge on any atom is 0.251 e. The van der Waals surface area contributed by atoms with Crippen LogP contribution in [0.5, 0.6) is 5.75 Å². The molecule has 0 saturated heterocycles. The van der Waals surface area contributed by atoms with E-state index in [1.165, 1.54) is 6.33 Å². The third kappa shape index (κ3) is 4.16. The van der Waals surface area contributed by atoms with Gasteiger partial charge in [-0.3, -0.25) is 4.79 Å². The topological polar surface area (TPSA) is 69.0 Å². The maximum absolute atomic E-state index is 12.7. The summed E-state index contributed by atoms with van der Waals surface area (Å²) < 4.78 is 6.98. The number of carbonyl (C=O) groups excluding carboxylic acids is 1. The van der Waals surface area contributed by atoms with E-state index >= 15 is 0 Å². The Balaban J connectivity index is 1.44. The SMILES string of the molecule is COc1ccc(C(NC(=O)c2ccc(Cn3cncn3)cc2)C2CC2)cc1. The standard InChI is InChI=1S/C21H22N4O2/c1-27-19-10-8-17(9-11-19)20(16-6-7-16)24-21(26)18-4-2-15(3-5-18)12-25-14-22-13-23-25/h2-5,8-11,13-14,16,20H,6-7,12H2,1H3,(H,24,26). The summed E-state index contributed by atoms with van der Waals surface area (Å²) in [4.78, 5) is 16.7. The lowest BCUT2D eigenvalue weighted by atomic mass is 10.0. The molecule has 6 nitrogen and oxygen atoms in total. The van der Waals surface area contributed by atoms with E-state index in [2.05, 4.69) is 15.4 Å². The van der Waals surface area contributed by atoms with E-state index in [4.69, 9.17) is 4.74 Å². The number of amides is 1. The fourth-order valence-electron chi connectivity index (χ4n) is 3.20. The third-order valence-electron chi connectivity index (χ3n) is 4.88. The number of rotatable bonds is 7. The van der Waals surface area contributed by atoms with Crippen LogP contribution in [0.25, 0.3) is 0 Å². The van der Waals surface area contributed by atoms with Crippen molar-refractivity contribution in [2.45, 2.75) is 25.4 Å². The van der Waals surface area contributed by atoms with Crippen LogP contribution in [-0.4, -0.2) is 27.8 Å². The molecule has 2 aromatic carbocycles. The van der Waals surface area contributed by atoms with E-state index in [9.17, 15) is 4.79 Å². The smallest absolute Gasteiger partial charge is 0.251 e. The molecule has 4 rings (SSSR count). The molecular formula is C21H22N4O2. The molecule has 1 N–H and O–H groups in total. The van der Waals surface area contributed by atoms with E-state index in [0.717, 1.165) is 29.7 Å². The van der Waals surface area contributed by atoms with Crippen molar-refractivity contribution in [2.24, 2.45) is 5.92 Å². The van der Waals surface area contributed by atoms with Gasteiger partial charge in [-0.1, -0.05) is 24.3 Å². The van der Waals surface area contributed by atoms with E-state index < -0.39 is 0 Å². The van der Waals surface area contributed by atoms with Crippen molar-refractivity contribution in [3.63, 3.8) is 0 Å². The third-order valence-corrected chi connectivity index (χ3v) is 4.88. The van der Waals surface area contributed by atoms with Crippen molar-refractivity contribution in [3.8, 4) is 5.75 Å².